The van der Waals surface area contributed by atoms with Crippen LogP contribution in [0.1, 0.15) is 16.9 Å². The van der Waals surface area contributed by atoms with Gasteiger partial charge in [-0.15, -0.1) is 0 Å². The molecular weight excluding hydrogens is 295 g/mol. The minimum Gasteiger partial charge on any atom is -0.469 e. The first-order valence-corrected chi connectivity index (χ1v) is 7.82. The maximum absolute atomic E-state index is 14.0. The summed E-state index contributed by atoms with van der Waals surface area (Å²) in [5, 5.41) is 5.14. The minimum absolute atomic E-state index is 0.232. The zero-order valence-corrected chi connectivity index (χ0v) is 12.9. The number of hydrogen-bond acceptors (Lipinski definition) is 4. The van der Waals surface area contributed by atoms with E-state index >= 15 is 0 Å². The third kappa shape index (κ3) is 3.25. The maximum atomic E-state index is 14.0. The molecule has 2 N–H and O–H groups in total. The van der Waals surface area contributed by atoms with Gasteiger partial charge in [0.1, 0.15) is 16.5 Å². The van der Waals surface area contributed by atoms with Crippen LogP contribution in [0.4, 0.5) is 10.1 Å². The molecule has 0 fully saturated rings. The summed E-state index contributed by atoms with van der Waals surface area (Å²) in [7, 11) is -2.48. The molecule has 0 unspecified atom stereocenters. The Balaban J connectivity index is 2.50. The van der Waals surface area contributed by atoms with E-state index in [2.05, 4.69) is 0 Å². The number of halogens is 1. The van der Waals surface area contributed by atoms with E-state index in [1.807, 2.05) is 0 Å². The third-order valence-electron chi connectivity index (χ3n) is 3.24. The van der Waals surface area contributed by atoms with Crippen LogP contribution in [0.5, 0.6) is 0 Å². The molecule has 0 aliphatic carbocycles. The summed E-state index contributed by atoms with van der Waals surface area (Å²) in [5.41, 5.74) is 1.74. The fraction of sp³-hybridized carbons (Fsp3) is 0.286. The second kappa shape index (κ2) is 5.50. The Morgan fingerprint density at radius 1 is 1.33 bits per heavy atom. The smallest absolute Gasteiger partial charge is 0.243 e. The summed E-state index contributed by atoms with van der Waals surface area (Å²) >= 11 is 0. The van der Waals surface area contributed by atoms with Gasteiger partial charge in [0.15, 0.2) is 0 Å². The number of aryl methyl sites for hydroxylation is 2. The Kier molecular flexibility index (Phi) is 4.06. The first-order valence-electron chi connectivity index (χ1n) is 6.27. The molecular formula is C14H17FN2O3S. The predicted molar refractivity (Wildman–Crippen MR) is 78.1 cm³/mol. The monoisotopic (exact) mass is 312 g/mol. The van der Waals surface area contributed by atoms with Crippen LogP contribution in [0.2, 0.25) is 0 Å². The molecule has 1 aromatic carbocycles. The molecule has 2 rings (SSSR count). The standard InChI is InChI=1S/C14H17FN2O3S/c1-9-6-12(15)14(21(16,18)19)13(7-9)17(3)8-11-4-5-20-10(11)2/h4-7H,8H2,1-3H3,(H2,16,18,19). The highest BCUT2D eigenvalue weighted by Gasteiger charge is 2.23. The van der Waals surface area contributed by atoms with Crippen LogP contribution < -0.4 is 10.0 Å². The lowest BCUT2D eigenvalue weighted by atomic mass is 10.2. The summed E-state index contributed by atoms with van der Waals surface area (Å²) in [5.74, 6) is -0.115. The summed E-state index contributed by atoms with van der Waals surface area (Å²) in [6, 6.07) is 4.53. The van der Waals surface area contributed by atoms with Crippen LogP contribution in [0.25, 0.3) is 0 Å². The minimum atomic E-state index is -4.16. The Labute approximate surface area is 123 Å². The van der Waals surface area contributed by atoms with Crippen LogP contribution >= 0.6 is 0 Å². The van der Waals surface area contributed by atoms with Crippen LogP contribution in [0.3, 0.4) is 0 Å². The number of rotatable bonds is 4. The van der Waals surface area contributed by atoms with Gasteiger partial charge in [0.25, 0.3) is 0 Å². The Bertz CT molecular complexity index is 769. The summed E-state index contributed by atoms with van der Waals surface area (Å²) in [6.45, 7) is 3.88. The molecule has 7 heteroatoms. The van der Waals surface area contributed by atoms with E-state index < -0.39 is 20.7 Å². The molecule has 0 atom stereocenters. The Morgan fingerprint density at radius 3 is 2.52 bits per heavy atom. The van der Waals surface area contributed by atoms with Gasteiger partial charge in [-0.1, -0.05) is 0 Å². The van der Waals surface area contributed by atoms with Crippen molar-refractivity contribution in [2.45, 2.75) is 25.3 Å². The van der Waals surface area contributed by atoms with Gasteiger partial charge in [0, 0.05) is 19.2 Å². The molecule has 114 valence electrons. The zero-order valence-electron chi connectivity index (χ0n) is 12.1. The number of anilines is 1. The number of furan rings is 1. The lowest BCUT2D eigenvalue weighted by Crippen LogP contribution is -2.23. The molecule has 0 spiro atoms. The van der Waals surface area contributed by atoms with E-state index in [-0.39, 0.29) is 5.69 Å². The highest BCUT2D eigenvalue weighted by atomic mass is 32.2. The zero-order chi connectivity index (χ0) is 15.8. The van der Waals surface area contributed by atoms with E-state index in [1.165, 1.54) is 0 Å². The molecule has 0 bridgehead atoms. The van der Waals surface area contributed by atoms with Crippen molar-refractivity contribution in [2.24, 2.45) is 5.14 Å². The highest BCUT2D eigenvalue weighted by molar-refractivity contribution is 7.89. The lowest BCUT2D eigenvalue weighted by molar-refractivity contribution is 0.529. The summed E-state index contributed by atoms with van der Waals surface area (Å²) in [4.78, 5) is 1.14. The molecule has 0 radical (unpaired) electrons. The number of nitrogens with two attached hydrogens (primary N) is 1. The van der Waals surface area contributed by atoms with Gasteiger partial charge < -0.3 is 9.32 Å². The number of primary sulfonamides is 1. The van der Waals surface area contributed by atoms with Crippen molar-refractivity contribution in [3.05, 3.63) is 47.2 Å². The van der Waals surface area contributed by atoms with E-state index in [1.54, 1.807) is 44.2 Å². The molecule has 0 aliphatic heterocycles. The lowest BCUT2D eigenvalue weighted by Gasteiger charge is -2.22. The molecule has 0 amide bonds. The van der Waals surface area contributed by atoms with Gasteiger partial charge in [0.2, 0.25) is 10.0 Å². The van der Waals surface area contributed by atoms with Crippen molar-refractivity contribution in [1.29, 1.82) is 0 Å². The molecule has 2 aromatic rings. The molecule has 0 aliphatic rings. The van der Waals surface area contributed by atoms with Crippen molar-refractivity contribution < 1.29 is 17.2 Å². The van der Waals surface area contributed by atoms with Crippen LogP contribution in [-0.2, 0) is 16.6 Å². The van der Waals surface area contributed by atoms with Gasteiger partial charge in [-0.2, -0.15) is 0 Å². The van der Waals surface area contributed by atoms with Gasteiger partial charge in [-0.25, -0.2) is 17.9 Å². The average molecular weight is 312 g/mol. The van der Waals surface area contributed by atoms with Crippen LogP contribution in [0.15, 0.2) is 33.8 Å². The molecule has 21 heavy (non-hydrogen) atoms. The van der Waals surface area contributed by atoms with Crippen LogP contribution in [0, 0.1) is 19.7 Å². The van der Waals surface area contributed by atoms with Crippen molar-refractivity contribution in [1.82, 2.24) is 0 Å². The molecule has 5 nitrogen and oxygen atoms in total. The molecule has 1 aromatic heterocycles. The van der Waals surface area contributed by atoms with Gasteiger partial charge in [-0.05, 0) is 37.6 Å². The Hall–Kier alpha value is -1.86. The topological polar surface area (TPSA) is 76.5 Å². The maximum Gasteiger partial charge on any atom is 0.243 e. The normalized spacial score (nSPS) is 11.7. The highest BCUT2D eigenvalue weighted by Crippen LogP contribution is 2.29. The second-order valence-electron chi connectivity index (χ2n) is 5.00. The predicted octanol–water partition coefficient (Wildman–Crippen LogP) is 2.32. The van der Waals surface area contributed by atoms with Crippen molar-refractivity contribution >= 4 is 15.7 Å². The Morgan fingerprint density at radius 2 is 2.00 bits per heavy atom. The fourth-order valence-electron chi connectivity index (χ4n) is 2.19. The largest absolute Gasteiger partial charge is 0.469 e. The third-order valence-corrected chi connectivity index (χ3v) is 4.21. The van der Waals surface area contributed by atoms with Gasteiger partial charge in [-0.3, -0.25) is 0 Å². The van der Waals surface area contributed by atoms with Crippen molar-refractivity contribution in [2.75, 3.05) is 11.9 Å². The summed E-state index contributed by atoms with van der Waals surface area (Å²) < 4.78 is 42.5. The van der Waals surface area contributed by atoms with Gasteiger partial charge in [0.05, 0.1) is 12.0 Å². The number of nitrogens with zero attached hydrogens (tertiary/aromatic N) is 1. The number of hydrogen-bond donors (Lipinski definition) is 1. The number of benzene rings is 1. The van der Waals surface area contributed by atoms with E-state index in [0.29, 0.717) is 12.1 Å². The summed E-state index contributed by atoms with van der Waals surface area (Å²) in [6.07, 6.45) is 1.55. The first-order chi connectivity index (χ1) is 9.70. The van der Waals surface area contributed by atoms with Gasteiger partial charge >= 0.3 is 0 Å². The van der Waals surface area contributed by atoms with E-state index in [0.717, 1.165) is 17.4 Å². The van der Waals surface area contributed by atoms with Crippen molar-refractivity contribution in [3.63, 3.8) is 0 Å². The second-order valence-corrected chi connectivity index (χ2v) is 6.50. The van der Waals surface area contributed by atoms with Crippen LogP contribution in [-0.4, -0.2) is 15.5 Å². The fourth-order valence-corrected chi connectivity index (χ4v) is 3.03. The first kappa shape index (κ1) is 15.5. The van der Waals surface area contributed by atoms with E-state index in [4.69, 9.17) is 9.56 Å². The molecule has 0 saturated heterocycles. The molecule has 0 saturated carbocycles. The van der Waals surface area contributed by atoms with Crippen molar-refractivity contribution in [3.8, 4) is 0 Å². The number of sulfonamides is 1. The quantitative estimate of drug-likeness (QED) is 0.940. The average Bonchev–Trinajstić information content (AvgIpc) is 2.72. The molecule has 1 heterocycles. The van der Waals surface area contributed by atoms with E-state index in [9.17, 15) is 12.8 Å². The SMILES string of the molecule is Cc1cc(F)c(S(N)(=O)=O)c(N(C)Cc2ccoc2C)c1.